The number of fused-ring (bicyclic) bond motifs is 2. The molecule has 0 saturated heterocycles. The maximum atomic E-state index is 6.12. The van der Waals surface area contributed by atoms with Crippen LogP contribution >= 0.6 is 73.9 Å². The maximum absolute atomic E-state index is 6.12. The Labute approximate surface area is 147 Å². The van der Waals surface area contributed by atoms with Crippen molar-refractivity contribution in [2.45, 2.75) is 0 Å². The highest BCUT2D eigenvalue weighted by Crippen LogP contribution is 2.57. The lowest BCUT2D eigenvalue weighted by Gasteiger charge is -2.24. The molecule has 0 spiro atoms. The van der Waals surface area contributed by atoms with Crippen LogP contribution in [0.15, 0.2) is 16.6 Å². The Morgan fingerprint density at radius 2 is 1.20 bits per heavy atom. The average Bonchev–Trinajstić information content (AvgIpc) is 2.43. The maximum Gasteiger partial charge on any atom is 0.191 e. The normalized spacial score (nSPS) is 12.3. The van der Waals surface area contributed by atoms with Crippen molar-refractivity contribution in [3.63, 3.8) is 0 Å². The molecule has 0 fully saturated rings. The van der Waals surface area contributed by atoms with Crippen LogP contribution in [0.3, 0.4) is 0 Å². The average molecular weight is 435 g/mol. The monoisotopic (exact) mass is 432 g/mol. The smallest absolute Gasteiger partial charge is 0.191 e. The van der Waals surface area contributed by atoms with Crippen LogP contribution in [0, 0.1) is 0 Å². The van der Waals surface area contributed by atoms with Crippen molar-refractivity contribution in [3.8, 4) is 23.0 Å². The summed E-state index contributed by atoms with van der Waals surface area (Å²) in [5, 5.41) is 1.26. The van der Waals surface area contributed by atoms with Crippen molar-refractivity contribution in [3.05, 3.63) is 41.7 Å². The highest BCUT2D eigenvalue weighted by Gasteiger charge is 2.29. The molecule has 2 aromatic carbocycles. The first kappa shape index (κ1) is 14.9. The largest absolute Gasteiger partial charge is 0.448 e. The first-order chi connectivity index (χ1) is 9.40. The molecule has 1 aliphatic heterocycles. The van der Waals surface area contributed by atoms with Gasteiger partial charge in [-0.15, -0.1) is 0 Å². The molecule has 0 atom stereocenters. The molecule has 0 N–H and O–H groups in total. The van der Waals surface area contributed by atoms with Gasteiger partial charge in [0.25, 0.3) is 0 Å². The second-order valence-electron chi connectivity index (χ2n) is 3.83. The molecule has 1 heterocycles. The van der Waals surface area contributed by atoms with Crippen molar-refractivity contribution >= 4 is 73.9 Å². The lowest BCUT2D eigenvalue weighted by atomic mass is 10.2. The van der Waals surface area contributed by atoms with Gasteiger partial charge >= 0.3 is 0 Å². The van der Waals surface area contributed by atoms with Crippen molar-refractivity contribution in [2.75, 3.05) is 0 Å². The van der Waals surface area contributed by atoms with Gasteiger partial charge in [-0.2, -0.15) is 0 Å². The molecule has 2 aromatic rings. The SMILES string of the molecule is Clc1cc2c(cc1Cl)Oc1c(Br)c(Cl)c(Cl)c(Cl)c1O2. The number of ether oxygens (including phenoxy) is 2. The number of hydrogen-bond donors (Lipinski definition) is 0. The highest BCUT2D eigenvalue weighted by molar-refractivity contribution is 9.10. The van der Waals surface area contributed by atoms with Gasteiger partial charge < -0.3 is 9.47 Å². The Bertz CT molecular complexity index is 686. The second-order valence-corrected chi connectivity index (χ2v) is 6.57. The van der Waals surface area contributed by atoms with Gasteiger partial charge in [-0.1, -0.05) is 58.0 Å². The summed E-state index contributed by atoms with van der Waals surface area (Å²) in [5.41, 5.74) is 0. The van der Waals surface area contributed by atoms with Crippen LogP contribution in [0.25, 0.3) is 0 Å². The van der Waals surface area contributed by atoms with Crippen molar-refractivity contribution in [2.24, 2.45) is 0 Å². The van der Waals surface area contributed by atoms with E-state index in [4.69, 9.17) is 67.5 Å². The Balaban J connectivity index is 2.23. The third-order valence-corrected chi connectivity index (χ3v) is 5.61. The Morgan fingerprint density at radius 3 is 1.75 bits per heavy atom. The summed E-state index contributed by atoms with van der Waals surface area (Å²) in [6, 6.07) is 3.08. The van der Waals surface area contributed by atoms with Crippen LogP contribution in [0.2, 0.25) is 25.1 Å². The van der Waals surface area contributed by atoms with E-state index in [0.29, 0.717) is 31.8 Å². The van der Waals surface area contributed by atoms with Gasteiger partial charge in [-0.25, -0.2) is 0 Å². The minimum atomic E-state index is 0.159. The fourth-order valence-electron chi connectivity index (χ4n) is 1.66. The fourth-order valence-corrected chi connectivity index (χ4v) is 3.17. The van der Waals surface area contributed by atoms with Gasteiger partial charge in [-0.05, 0) is 15.9 Å². The first-order valence-corrected chi connectivity index (χ1v) is 7.79. The molecule has 3 rings (SSSR count). The zero-order valence-corrected chi connectivity index (χ0v) is 14.6. The van der Waals surface area contributed by atoms with Crippen LogP contribution in [-0.4, -0.2) is 0 Å². The van der Waals surface area contributed by atoms with E-state index in [1.807, 2.05) is 0 Å². The predicted octanol–water partition coefficient (Wildman–Crippen LogP) is 7.61. The third kappa shape index (κ3) is 2.25. The van der Waals surface area contributed by atoms with Crippen LogP contribution in [0.5, 0.6) is 23.0 Å². The van der Waals surface area contributed by atoms with Gasteiger partial charge in [0.15, 0.2) is 23.0 Å². The first-order valence-electron chi connectivity index (χ1n) is 5.11. The van der Waals surface area contributed by atoms with E-state index in [-0.39, 0.29) is 20.8 Å². The molecule has 2 nitrogen and oxygen atoms in total. The molecule has 8 heteroatoms. The van der Waals surface area contributed by atoms with E-state index in [0.717, 1.165) is 0 Å². The van der Waals surface area contributed by atoms with E-state index in [2.05, 4.69) is 15.9 Å². The number of benzene rings is 2. The topological polar surface area (TPSA) is 18.5 Å². The summed E-state index contributed by atoms with van der Waals surface area (Å²) < 4.78 is 11.9. The Morgan fingerprint density at radius 1 is 0.700 bits per heavy atom. The van der Waals surface area contributed by atoms with Crippen LogP contribution in [-0.2, 0) is 0 Å². The zero-order valence-electron chi connectivity index (χ0n) is 9.24. The van der Waals surface area contributed by atoms with E-state index in [1.165, 1.54) is 6.07 Å². The summed E-state index contributed by atoms with van der Waals surface area (Å²) in [6.45, 7) is 0. The van der Waals surface area contributed by atoms with Crippen LogP contribution in [0.1, 0.15) is 0 Å². The minimum Gasteiger partial charge on any atom is -0.448 e. The molecule has 0 saturated carbocycles. The van der Waals surface area contributed by atoms with Crippen molar-refractivity contribution in [1.29, 1.82) is 0 Å². The lowest BCUT2D eigenvalue weighted by Crippen LogP contribution is -2.01. The predicted molar refractivity (Wildman–Crippen MR) is 85.8 cm³/mol. The van der Waals surface area contributed by atoms with Gasteiger partial charge in [0, 0.05) is 12.1 Å². The van der Waals surface area contributed by atoms with E-state index < -0.39 is 0 Å². The van der Waals surface area contributed by atoms with Gasteiger partial charge in [0.2, 0.25) is 0 Å². The Kier molecular flexibility index (Phi) is 3.95. The Hall–Kier alpha value is -0.0300. The summed E-state index contributed by atoms with van der Waals surface area (Å²) in [5.74, 6) is 1.38. The summed E-state index contributed by atoms with van der Waals surface area (Å²) in [7, 11) is 0. The third-order valence-electron chi connectivity index (χ3n) is 2.59. The summed E-state index contributed by atoms with van der Waals surface area (Å²) in [6.07, 6.45) is 0. The molecule has 1 aliphatic rings. The van der Waals surface area contributed by atoms with Crippen molar-refractivity contribution in [1.82, 2.24) is 0 Å². The molecule has 0 amide bonds. The standard InChI is InChI=1S/C12H2BrCl5O2/c13-7-8(16)9(17)10(18)12-11(7)19-5-1-3(14)4(15)2-6(5)20-12/h1-2H. The number of halogens is 6. The van der Waals surface area contributed by atoms with E-state index in [9.17, 15) is 0 Å². The van der Waals surface area contributed by atoms with Crippen LogP contribution < -0.4 is 9.47 Å². The second kappa shape index (κ2) is 5.31. The number of rotatable bonds is 0. The molecular formula is C12H2BrCl5O2. The summed E-state index contributed by atoms with van der Waals surface area (Å²) in [4.78, 5) is 0. The van der Waals surface area contributed by atoms with E-state index in [1.54, 1.807) is 6.07 Å². The van der Waals surface area contributed by atoms with E-state index >= 15 is 0 Å². The summed E-state index contributed by atoms with van der Waals surface area (Å²) >= 11 is 33.4. The van der Waals surface area contributed by atoms with Gasteiger partial charge in [-0.3, -0.25) is 0 Å². The molecule has 0 bridgehead atoms. The minimum absolute atomic E-state index is 0.159. The van der Waals surface area contributed by atoms with Crippen LogP contribution in [0.4, 0.5) is 0 Å². The molecule has 20 heavy (non-hydrogen) atoms. The highest BCUT2D eigenvalue weighted by atomic mass is 79.9. The molecular weight excluding hydrogens is 433 g/mol. The van der Waals surface area contributed by atoms with Gasteiger partial charge in [0.05, 0.1) is 24.6 Å². The van der Waals surface area contributed by atoms with Crippen molar-refractivity contribution < 1.29 is 9.47 Å². The molecule has 104 valence electrons. The fraction of sp³-hybridized carbons (Fsp3) is 0. The molecule has 0 unspecified atom stereocenters. The molecule has 0 aromatic heterocycles. The molecule has 0 radical (unpaired) electrons. The molecule has 0 aliphatic carbocycles. The lowest BCUT2D eigenvalue weighted by molar-refractivity contribution is 0.358. The zero-order chi connectivity index (χ0) is 14.6. The number of hydrogen-bond acceptors (Lipinski definition) is 2. The quantitative estimate of drug-likeness (QED) is 0.267. The van der Waals surface area contributed by atoms with Gasteiger partial charge in [0.1, 0.15) is 5.02 Å².